The van der Waals surface area contributed by atoms with E-state index < -0.39 is 0 Å². The fraction of sp³-hybridized carbons (Fsp3) is 0.0714. The molecule has 0 aliphatic heterocycles. The highest BCUT2D eigenvalue weighted by molar-refractivity contribution is 9.10. The maximum Gasteiger partial charge on any atom is 0.153 e. The average molecular weight is 362 g/mol. The van der Waals surface area contributed by atoms with Crippen molar-refractivity contribution in [1.82, 2.24) is 20.2 Å². The molecule has 3 aromatic rings. The van der Waals surface area contributed by atoms with Crippen LogP contribution in [0.1, 0.15) is 0 Å². The van der Waals surface area contributed by atoms with Gasteiger partial charge in [-0.05, 0) is 28.1 Å². The molecule has 0 aliphatic rings. The van der Waals surface area contributed by atoms with Crippen LogP contribution in [0.2, 0.25) is 0 Å². The van der Waals surface area contributed by atoms with Gasteiger partial charge in [-0.25, -0.2) is 9.97 Å². The lowest BCUT2D eigenvalue weighted by molar-refractivity contribution is 0.410. The molecule has 3 rings (SSSR count). The van der Waals surface area contributed by atoms with Gasteiger partial charge in [-0.1, -0.05) is 6.07 Å². The molecular weight excluding hydrogens is 350 g/mol. The lowest BCUT2D eigenvalue weighted by Crippen LogP contribution is -1.94. The predicted molar refractivity (Wildman–Crippen MR) is 85.3 cm³/mol. The minimum atomic E-state index is 0.109. The van der Waals surface area contributed by atoms with Crippen molar-refractivity contribution in [2.24, 2.45) is 0 Å². The maximum atomic E-state index is 10.0. The van der Waals surface area contributed by atoms with E-state index in [-0.39, 0.29) is 5.75 Å². The third kappa shape index (κ3) is 2.86. The van der Waals surface area contributed by atoms with Gasteiger partial charge in [0.05, 0.1) is 30.8 Å². The summed E-state index contributed by atoms with van der Waals surface area (Å²) in [6.07, 6.45) is 3.17. The Balaban J connectivity index is 1.89. The van der Waals surface area contributed by atoms with E-state index in [4.69, 9.17) is 4.74 Å². The number of hydrogen-bond acceptors (Lipinski definition) is 6. The molecule has 0 radical (unpaired) electrons. The number of H-pyrrole nitrogens is 1. The molecule has 2 aromatic heterocycles. The van der Waals surface area contributed by atoms with E-state index in [0.717, 1.165) is 0 Å². The summed E-state index contributed by atoms with van der Waals surface area (Å²) in [7, 11) is 1.55. The second-order valence-electron chi connectivity index (χ2n) is 4.37. The molecule has 0 spiro atoms. The van der Waals surface area contributed by atoms with Crippen LogP contribution in [0.4, 0.5) is 11.6 Å². The number of aromatic nitrogens is 4. The van der Waals surface area contributed by atoms with E-state index in [1.54, 1.807) is 43.8 Å². The van der Waals surface area contributed by atoms with Crippen LogP contribution in [0.3, 0.4) is 0 Å². The number of benzene rings is 1. The fourth-order valence-corrected chi connectivity index (χ4v) is 2.19. The Morgan fingerprint density at radius 1 is 1.23 bits per heavy atom. The van der Waals surface area contributed by atoms with Gasteiger partial charge in [-0.15, -0.1) is 0 Å². The van der Waals surface area contributed by atoms with E-state index in [9.17, 15) is 5.11 Å². The van der Waals surface area contributed by atoms with Crippen molar-refractivity contribution >= 4 is 27.6 Å². The van der Waals surface area contributed by atoms with Crippen LogP contribution >= 0.6 is 15.9 Å². The highest BCUT2D eigenvalue weighted by Crippen LogP contribution is 2.37. The smallest absolute Gasteiger partial charge is 0.153 e. The highest BCUT2D eigenvalue weighted by Gasteiger charge is 2.14. The zero-order chi connectivity index (χ0) is 15.5. The third-order valence-electron chi connectivity index (χ3n) is 2.95. The normalized spacial score (nSPS) is 10.5. The largest absolute Gasteiger partial charge is 0.507 e. The Labute approximate surface area is 134 Å². The van der Waals surface area contributed by atoms with Crippen LogP contribution in [0.25, 0.3) is 11.3 Å². The zero-order valence-corrected chi connectivity index (χ0v) is 13.1. The van der Waals surface area contributed by atoms with Gasteiger partial charge in [-0.2, -0.15) is 5.10 Å². The summed E-state index contributed by atoms with van der Waals surface area (Å²) in [5, 5.41) is 20.1. The molecule has 2 heterocycles. The number of rotatable bonds is 4. The number of nitrogens with one attached hydrogen (secondary N) is 2. The second kappa shape index (κ2) is 6.02. The number of aromatic amines is 1. The average Bonchev–Trinajstić information content (AvgIpc) is 2.97. The fourth-order valence-electron chi connectivity index (χ4n) is 1.98. The van der Waals surface area contributed by atoms with Crippen molar-refractivity contribution in [1.29, 1.82) is 0 Å². The number of phenols is 1. The van der Waals surface area contributed by atoms with Crippen LogP contribution in [0.5, 0.6) is 11.5 Å². The number of halogens is 1. The van der Waals surface area contributed by atoms with Gasteiger partial charge in [0.1, 0.15) is 21.9 Å². The molecule has 1 aromatic carbocycles. The summed E-state index contributed by atoms with van der Waals surface area (Å²) in [5.74, 6) is 1.78. The quantitative estimate of drug-likeness (QED) is 0.660. The first kappa shape index (κ1) is 14.3. The molecule has 0 saturated carbocycles. The molecule has 0 amide bonds. The van der Waals surface area contributed by atoms with E-state index >= 15 is 0 Å². The minimum absolute atomic E-state index is 0.109. The Kier molecular flexibility index (Phi) is 3.92. The molecule has 0 bridgehead atoms. The molecule has 3 N–H and O–H groups in total. The maximum absolute atomic E-state index is 10.0. The number of methoxy groups -OCH3 is 1. The lowest BCUT2D eigenvalue weighted by atomic mass is 10.1. The van der Waals surface area contributed by atoms with E-state index in [2.05, 4.69) is 41.4 Å². The number of anilines is 2. The molecule has 22 heavy (non-hydrogen) atoms. The third-order valence-corrected chi connectivity index (χ3v) is 3.36. The van der Waals surface area contributed by atoms with Crippen LogP contribution in [0, 0.1) is 0 Å². The van der Waals surface area contributed by atoms with Gasteiger partial charge >= 0.3 is 0 Å². The number of hydrogen-bond donors (Lipinski definition) is 3. The van der Waals surface area contributed by atoms with E-state index in [1.807, 2.05) is 0 Å². The lowest BCUT2D eigenvalue weighted by Gasteiger charge is -2.07. The van der Waals surface area contributed by atoms with E-state index in [0.29, 0.717) is 33.2 Å². The number of nitrogens with zero attached hydrogens (tertiary/aromatic N) is 3. The highest BCUT2D eigenvalue weighted by atomic mass is 79.9. The Morgan fingerprint density at radius 2 is 2.09 bits per heavy atom. The minimum Gasteiger partial charge on any atom is -0.507 e. The monoisotopic (exact) mass is 361 g/mol. The SMILES string of the molecule is COc1cccc(O)c1-c1cc(Nc2cnc(Br)cn2)n[nH]1. The first-order valence-electron chi connectivity index (χ1n) is 6.33. The predicted octanol–water partition coefficient (Wildman–Crippen LogP) is 3.09. The molecule has 0 saturated heterocycles. The Hall–Kier alpha value is -2.61. The van der Waals surface area contributed by atoms with Crippen molar-refractivity contribution in [2.45, 2.75) is 0 Å². The van der Waals surface area contributed by atoms with Gasteiger partial charge in [0, 0.05) is 6.07 Å². The second-order valence-corrected chi connectivity index (χ2v) is 5.18. The summed E-state index contributed by atoms with van der Waals surface area (Å²) in [6.45, 7) is 0. The number of aromatic hydroxyl groups is 1. The number of ether oxygens (including phenoxy) is 1. The summed E-state index contributed by atoms with van der Waals surface area (Å²) in [4.78, 5) is 8.23. The van der Waals surface area contributed by atoms with Crippen molar-refractivity contribution in [3.63, 3.8) is 0 Å². The van der Waals surface area contributed by atoms with Gasteiger partial charge in [0.2, 0.25) is 0 Å². The van der Waals surface area contributed by atoms with Gasteiger partial charge in [0.25, 0.3) is 0 Å². The van der Waals surface area contributed by atoms with Crippen LogP contribution < -0.4 is 10.1 Å². The molecule has 0 aliphatic carbocycles. The van der Waals surface area contributed by atoms with Gasteiger partial charge in [0.15, 0.2) is 5.82 Å². The van der Waals surface area contributed by atoms with Crippen LogP contribution in [0.15, 0.2) is 41.3 Å². The topological polar surface area (TPSA) is 96.0 Å². The first-order chi connectivity index (χ1) is 10.7. The van der Waals surface area contributed by atoms with Crippen molar-refractivity contribution in [3.8, 4) is 22.8 Å². The molecule has 0 unspecified atom stereocenters. The van der Waals surface area contributed by atoms with Gasteiger partial charge < -0.3 is 15.2 Å². The molecule has 7 nitrogen and oxygen atoms in total. The summed E-state index contributed by atoms with van der Waals surface area (Å²) >= 11 is 3.22. The van der Waals surface area contributed by atoms with Crippen molar-refractivity contribution in [3.05, 3.63) is 41.3 Å². The Morgan fingerprint density at radius 3 is 2.82 bits per heavy atom. The summed E-state index contributed by atoms with van der Waals surface area (Å²) in [5.41, 5.74) is 1.18. The standard InChI is InChI=1S/C14H12BrN5O2/c1-22-10-4-2-3-9(21)14(10)8-5-12(20-19-8)18-13-7-16-11(15)6-17-13/h2-7,21H,1H3,(H2,17,18,19,20). The molecule has 8 heteroatoms. The molecular formula is C14H12BrN5O2. The Bertz CT molecular complexity index is 788. The summed E-state index contributed by atoms with van der Waals surface area (Å²) in [6, 6.07) is 6.82. The summed E-state index contributed by atoms with van der Waals surface area (Å²) < 4.78 is 5.92. The van der Waals surface area contributed by atoms with Crippen molar-refractivity contribution < 1.29 is 9.84 Å². The van der Waals surface area contributed by atoms with Crippen molar-refractivity contribution in [2.75, 3.05) is 12.4 Å². The van der Waals surface area contributed by atoms with Crippen LogP contribution in [-0.4, -0.2) is 32.4 Å². The molecule has 0 atom stereocenters. The molecule has 0 fully saturated rings. The van der Waals surface area contributed by atoms with E-state index in [1.165, 1.54) is 0 Å². The van der Waals surface area contributed by atoms with Gasteiger partial charge in [-0.3, -0.25) is 5.10 Å². The zero-order valence-electron chi connectivity index (χ0n) is 11.5. The molecule has 112 valence electrons. The first-order valence-corrected chi connectivity index (χ1v) is 7.13. The van der Waals surface area contributed by atoms with Crippen LogP contribution in [-0.2, 0) is 0 Å². The number of phenolic OH excluding ortho intramolecular Hbond substituents is 1.